The number of carbonyl (C=O) groups excluding carboxylic acids is 1. The van der Waals surface area contributed by atoms with Crippen molar-refractivity contribution in [2.24, 2.45) is 11.8 Å². The number of hydrogen-bond acceptors (Lipinski definition) is 4. The van der Waals surface area contributed by atoms with Crippen molar-refractivity contribution >= 4 is 12.0 Å². The summed E-state index contributed by atoms with van der Waals surface area (Å²) in [5.41, 5.74) is 1.04. The first kappa shape index (κ1) is 15.9. The number of benzene rings is 1. The molecule has 1 N–H and O–H groups in total. The molecule has 5 nitrogen and oxygen atoms in total. The molecule has 124 valence electrons. The van der Waals surface area contributed by atoms with E-state index in [-0.39, 0.29) is 12.5 Å². The lowest BCUT2D eigenvalue weighted by Crippen LogP contribution is -2.35. The van der Waals surface area contributed by atoms with Gasteiger partial charge in [0.1, 0.15) is 0 Å². The van der Waals surface area contributed by atoms with E-state index in [1.165, 1.54) is 0 Å². The largest absolute Gasteiger partial charge is 0.493 e. The summed E-state index contributed by atoms with van der Waals surface area (Å²) in [6, 6.07) is 5.71. The van der Waals surface area contributed by atoms with Gasteiger partial charge in [-0.2, -0.15) is 0 Å². The second kappa shape index (κ2) is 7.04. The number of ether oxygens (including phenoxy) is 2. The first-order valence-corrected chi connectivity index (χ1v) is 8.13. The highest BCUT2D eigenvalue weighted by Crippen LogP contribution is 2.29. The SMILES string of the molecule is C/C=C/c1ccc(OCC(=O)N2C[C@H]3CNC[C@H]3C2)c(OC)c1. The quantitative estimate of drug-likeness (QED) is 0.900. The predicted octanol–water partition coefficient (Wildman–Crippen LogP) is 1.78. The monoisotopic (exact) mass is 316 g/mol. The van der Waals surface area contributed by atoms with E-state index in [4.69, 9.17) is 9.47 Å². The lowest BCUT2D eigenvalue weighted by atomic mass is 10.0. The molecule has 3 rings (SSSR count). The Morgan fingerprint density at radius 2 is 2.04 bits per heavy atom. The van der Waals surface area contributed by atoms with Crippen molar-refractivity contribution in [1.82, 2.24) is 10.2 Å². The molecule has 1 aromatic rings. The van der Waals surface area contributed by atoms with Crippen molar-refractivity contribution in [2.75, 3.05) is 39.9 Å². The van der Waals surface area contributed by atoms with Gasteiger partial charge in [-0.05, 0) is 36.5 Å². The fraction of sp³-hybridized carbons (Fsp3) is 0.500. The van der Waals surface area contributed by atoms with Crippen LogP contribution in [0, 0.1) is 11.8 Å². The van der Waals surface area contributed by atoms with Crippen LogP contribution in [0.15, 0.2) is 24.3 Å². The maximum absolute atomic E-state index is 12.3. The van der Waals surface area contributed by atoms with Gasteiger partial charge in [0, 0.05) is 26.2 Å². The minimum atomic E-state index is 0.0546. The van der Waals surface area contributed by atoms with Crippen LogP contribution in [0.3, 0.4) is 0 Å². The van der Waals surface area contributed by atoms with Crippen LogP contribution in [0.1, 0.15) is 12.5 Å². The van der Waals surface area contributed by atoms with E-state index in [1.54, 1.807) is 7.11 Å². The molecule has 0 saturated carbocycles. The molecule has 23 heavy (non-hydrogen) atoms. The lowest BCUT2D eigenvalue weighted by Gasteiger charge is -2.18. The minimum Gasteiger partial charge on any atom is -0.493 e. The predicted molar refractivity (Wildman–Crippen MR) is 89.6 cm³/mol. The normalized spacial score (nSPS) is 23.3. The summed E-state index contributed by atoms with van der Waals surface area (Å²) in [6.07, 6.45) is 3.96. The number of likely N-dealkylation sites (tertiary alicyclic amines) is 1. The van der Waals surface area contributed by atoms with Crippen LogP contribution in [-0.4, -0.2) is 50.7 Å². The van der Waals surface area contributed by atoms with Crippen LogP contribution in [0.5, 0.6) is 11.5 Å². The Labute approximate surface area is 137 Å². The Morgan fingerprint density at radius 1 is 1.30 bits per heavy atom. The molecule has 2 fully saturated rings. The van der Waals surface area contributed by atoms with Crippen LogP contribution in [0.25, 0.3) is 6.08 Å². The Balaban J connectivity index is 1.58. The van der Waals surface area contributed by atoms with E-state index < -0.39 is 0 Å². The average molecular weight is 316 g/mol. The Bertz CT molecular complexity index is 588. The van der Waals surface area contributed by atoms with Crippen LogP contribution >= 0.6 is 0 Å². The zero-order chi connectivity index (χ0) is 16.2. The molecule has 2 aliphatic heterocycles. The number of allylic oxidation sites excluding steroid dienone is 1. The molecule has 0 spiro atoms. The van der Waals surface area contributed by atoms with Gasteiger partial charge in [-0.25, -0.2) is 0 Å². The first-order chi connectivity index (χ1) is 11.2. The zero-order valence-corrected chi connectivity index (χ0v) is 13.7. The molecule has 0 unspecified atom stereocenters. The number of rotatable bonds is 5. The molecule has 2 heterocycles. The van der Waals surface area contributed by atoms with Gasteiger partial charge in [-0.15, -0.1) is 0 Å². The van der Waals surface area contributed by atoms with Crippen molar-refractivity contribution in [3.05, 3.63) is 29.8 Å². The Kier molecular flexibility index (Phi) is 4.86. The third-order valence-corrected chi connectivity index (χ3v) is 4.64. The van der Waals surface area contributed by atoms with Gasteiger partial charge in [0.05, 0.1) is 7.11 Å². The number of hydrogen-bond donors (Lipinski definition) is 1. The van der Waals surface area contributed by atoms with Gasteiger partial charge in [-0.3, -0.25) is 4.79 Å². The maximum atomic E-state index is 12.3. The van der Waals surface area contributed by atoms with Gasteiger partial charge in [0.2, 0.25) is 0 Å². The molecule has 2 saturated heterocycles. The molecule has 2 atom stereocenters. The molecule has 0 aliphatic carbocycles. The highest BCUT2D eigenvalue weighted by atomic mass is 16.5. The molecular formula is C18H24N2O3. The standard InChI is InChI=1S/C18H24N2O3/c1-3-4-13-5-6-16(17(7-13)22-2)23-12-18(21)20-10-14-8-19-9-15(14)11-20/h3-7,14-15,19H,8-12H2,1-2H3/b4-3+/t14-,15+. The van der Waals surface area contributed by atoms with E-state index in [9.17, 15) is 4.79 Å². The van der Waals surface area contributed by atoms with Crippen molar-refractivity contribution in [1.29, 1.82) is 0 Å². The third-order valence-electron chi connectivity index (χ3n) is 4.64. The number of methoxy groups -OCH3 is 1. The average Bonchev–Trinajstić information content (AvgIpc) is 3.15. The van der Waals surface area contributed by atoms with Crippen molar-refractivity contribution in [3.8, 4) is 11.5 Å². The summed E-state index contributed by atoms with van der Waals surface area (Å²) < 4.78 is 11.1. The Morgan fingerprint density at radius 3 is 2.70 bits per heavy atom. The van der Waals surface area contributed by atoms with E-state index >= 15 is 0 Å². The third kappa shape index (κ3) is 3.50. The fourth-order valence-electron chi connectivity index (χ4n) is 3.39. The van der Waals surface area contributed by atoms with Crippen LogP contribution < -0.4 is 14.8 Å². The second-order valence-electron chi connectivity index (χ2n) is 6.18. The number of nitrogens with one attached hydrogen (secondary N) is 1. The number of carbonyl (C=O) groups is 1. The molecule has 1 aromatic carbocycles. The van der Waals surface area contributed by atoms with Gasteiger partial charge in [0.25, 0.3) is 5.91 Å². The van der Waals surface area contributed by atoms with Crippen molar-refractivity contribution in [3.63, 3.8) is 0 Å². The van der Waals surface area contributed by atoms with E-state index in [0.29, 0.717) is 23.3 Å². The molecule has 2 aliphatic rings. The summed E-state index contributed by atoms with van der Waals surface area (Å²) in [6.45, 7) is 5.77. The summed E-state index contributed by atoms with van der Waals surface area (Å²) in [7, 11) is 1.61. The molecule has 0 radical (unpaired) electrons. The molecule has 5 heteroatoms. The second-order valence-corrected chi connectivity index (χ2v) is 6.18. The molecule has 0 bridgehead atoms. The van der Waals surface area contributed by atoms with Crippen molar-refractivity contribution in [2.45, 2.75) is 6.92 Å². The highest BCUT2D eigenvalue weighted by Gasteiger charge is 2.38. The molecule has 1 amide bonds. The van der Waals surface area contributed by atoms with Gasteiger partial charge < -0.3 is 19.7 Å². The number of nitrogens with zero attached hydrogens (tertiary/aromatic N) is 1. The lowest BCUT2D eigenvalue weighted by molar-refractivity contribution is -0.132. The Hall–Kier alpha value is -2.01. The summed E-state index contributed by atoms with van der Waals surface area (Å²) in [5.74, 6) is 2.52. The van der Waals surface area contributed by atoms with Crippen LogP contribution in [0.4, 0.5) is 0 Å². The number of amides is 1. The molecular weight excluding hydrogens is 292 g/mol. The summed E-state index contributed by atoms with van der Waals surface area (Å²) >= 11 is 0. The first-order valence-electron chi connectivity index (χ1n) is 8.13. The summed E-state index contributed by atoms with van der Waals surface area (Å²) in [4.78, 5) is 14.3. The van der Waals surface area contributed by atoms with Gasteiger partial charge in [-0.1, -0.05) is 18.2 Å². The molecule has 0 aromatic heterocycles. The highest BCUT2D eigenvalue weighted by molar-refractivity contribution is 5.78. The topological polar surface area (TPSA) is 50.8 Å². The fourth-order valence-corrected chi connectivity index (χ4v) is 3.39. The van der Waals surface area contributed by atoms with E-state index in [2.05, 4.69) is 5.32 Å². The van der Waals surface area contributed by atoms with E-state index in [1.807, 2.05) is 42.2 Å². The van der Waals surface area contributed by atoms with Crippen LogP contribution in [-0.2, 0) is 4.79 Å². The summed E-state index contributed by atoms with van der Waals surface area (Å²) in [5, 5.41) is 3.38. The van der Waals surface area contributed by atoms with E-state index in [0.717, 1.165) is 31.7 Å². The van der Waals surface area contributed by atoms with Crippen molar-refractivity contribution < 1.29 is 14.3 Å². The van der Waals surface area contributed by atoms with Crippen LogP contribution in [0.2, 0.25) is 0 Å². The zero-order valence-electron chi connectivity index (χ0n) is 13.7. The number of fused-ring (bicyclic) bond motifs is 1. The smallest absolute Gasteiger partial charge is 0.260 e. The van der Waals surface area contributed by atoms with Gasteiger partial charge >= 0.3 is 0 Å². The minimum absolute atomic E-state index is 0.0546. The van der Waals surface area contributed by atoms with Gasteiger partial charge in [0.15, 0.2) is 18.1 Å². The maximum Gasteiger partial charge on any atom is 0.260 e.